The molecule has 1 N–H and O–H groups in total. The average molecular weight is 234 g/mol. The second kappa shape index (κ2) is 4.78. The van der Waals surface area contributed by atoms with Gasteiger partial charge in [-0.1, -0.05) is 13.0 Å². The number of fused-ring (bicyclic) bond motifs is 1. The summed E-state index contributed by atoms with van der Waals surface area (Å²) in [6.07, 6.45) is 3.94. The maximum Gasteiger partial charge on any atom is 0.306 e. The fraction of sp³-hybridized carbons (Fsp3) is 0.500. The molecular formula is C14H18O3. The van der Waals surface area contributed by atoms with Crippen molar-refractivity contribution in [3.63, 3.8) is 0 Å². The minimum atomic E-state index is -0.757. The molecule has 92 valence electrons. The molecule has 1 atom stereocenters. The van der Waals surface area contributed by atoms with Crippen LogP contribution in [0.3, 0.4) is 0 Å². The van der Waals surface area contributed by atoms with E-state index in [0.717, 1.165) is 24.2 Å². The minimum Gasteiger partial charge on any atom is -0.496 e. The van der Waals surface area contributed by atoms with E-state index in [4.69, 9.17) is 9.84 Å². The Bertz CT molecular complexity index is 437. The van der Waals surface area contributed by atoms with Crippen LogP contribution in [0.1, 0.15) is 30.0 Å². The second-order valence-corrected chi connectivity index (χ2v) is 4.73. The highest BCUT2D eigenvalue weighted by atomic mass is 16.5. The highest BCUT2D eigenvalue weighted by Crippen LogP contribution is 2.31. The first kappa shape index (κ1) is 12.0. The predicted octanol–water partition coefficient (Wildman–Crippen LogP) is 2.45. The first-order valence-corrected chi connectivity index (χ1v) is 6.03. The molecule has 0 spiro atoms. The number of benzene rings is 1. The van der Waals surface area contributed by atoms with Gasteiger partial charge in [-0.25, -0.2) is 0 Å². The number of carboxylic acid groups (broad SMARTS) is 1. The van der Waals surface area contributed by atoms with Gasteiger partial charge in [-0.15, -0.1) is 0 Å². The van der Waals surface area contributed by atoms with Crippen LogP contribution < -0.4 is 4.74 Å². The maximum absolute atomic E-state index is 10.9. The van der Waals surface area contributed by atoms with Crippen LogP contribution in [0.15, 0.2) is 12.1 Å². The fourth-order valence-electron chi connectivity index (χ4n) is 2.42. The summed E-state index contributed by atoms with van der Waals surface area (Å²) in [4.78, 5) is 10.9. The number of hydrogen-bond donors (Lipinski definition) is 1. The summed E-state index contributed by atoms with van der Waals surface area (Å²) in [7, 11) is 1.64. The van der Waals surface area contributed by atoms with E-state index < -0.39 is 5.97 Å². The molecule has 0 aliphatic heterocycles. The van der Waals surface area contributed by atoms with Crippen molar-refractivity contribution in [2.45, 2.75) is 32.6 Å². The molecular weight excluding hydrogens is 216 g/mol. The Balaban J connectivity index is 2.29. The van der Waals surface area contributed by atoms with Crippen LogP contribution in [0.4, 0.5) is 0 Å². The Morgan fingerprint density at radius 2 is 2.06 bits per heavy atom. The lowest BCUT2D eigenvalue weighted by Crippen LogP contribution is -2.13. The van der Waals surface area contributed by atoms with Gasteiger partial charge in [0.05, 0.1) is 13.0 Å². The minimum absolute atomic E-state index is 0.372. The van der Waals surface area contributed by atoms with Gasteiger partial charge in [0.1, 0.15) is 5.75 Å². The first-order chi connectivity index (χ1) is 8.11. The molecule has 3 heteroatoms. The molecule has 0 radical (unpaired) electrons. The number of rotatable bonds is 4. The number of ether oxygens (including phenoxy) is 1. The Hall–Kier alpha value is -1.51. The SMILES string of the molecule is COc1cc2c(cc1CC(C)C(=O)O)CCC2. The number of carbonyl (C=O) groups is 1. The van der Waals surface area contributed by atoms with Crippen LogP contribution in [-0.2, 0) is 24.1 Å². The quantitative estimate of drug-likeness (QED) is 0.870. The molecule has 1 aromatic carbocycles. The third kappa shape index (κ3) is 2.43. The molecule has 0 saturated carbocycles. The van der Waals surface area contributed by atoms with Gasteiger partial charge in [-0.2, -0.15) is 0 Å². The number of aryl methyl sites for hydroxylation is 2. The summed E-state index contributed by atoms with van der Waals surface area (Å²) in [5.74, 6) is -0.297. The summed E-state index contributed by atoms with van der Waals surface area (Å²) >= 11 is 0. The van der Waals surface area contributed by atoms with E-state index in [2.05, 4.69) is 12.1 Å². The lowest BCUT2D eigenvalue weighted by Gasteiger charge is -2.13. The van der Waals surface area contributed by atoms with Crippen molar-refractivity contribution in [1.29, 1.82) is 0 Å². The van der Waals surface area contributed by atoms with Crippen LogP contribution in [0.5, 0.6) is 5.75 Å². The molecule has 17 heavy (non-hydrogen) atoms. The molecule has 1 aromatic rings. The van der Waals surface area contributed by atoms with Crippen LogP contribution >= 0.6 is 0 Å². The first-order valence-electron chi connectivity index (χ1n) is 6.03. The maximum atomic E-state index is 10.9. The predicted molar refractivity (Wildman–Crippen MR) is 65.5 cm³/mol. The van der Waals surface area contributed by atoms with Crippen molar-refractivity contribution in [2.75, 3.05) is 7.11 Å². The molecule has 0 heterocycles. The van der Waals surface area contributed by atoms with Crippen molar-refractivity contribution in [3.8, 4) is 5.75 Å². The highest BCUT2D eigenvalue weighted by Gasteiger charge is 2.18. The van der Waals surface area contributed by atoms with Crippen LogP contribution in [-0.4, -0.2) is 18.2 Å². The van der Waals surface area contributed by atoms with Gasteiger partial charge in [0.25, 0.3) is 0 Å². The largest absolute Gasteiger partial charge is 0.496 e. The zero-order valence-corrected chi connectivity index (χ0v) is 10.3. The van der Waals surface area contributed by atoms with Gasteiger partial charge in [-0.05, 0) is 48.4 Å². The van der Waals surface area contributed by atoms with Crippen molar-refractivity contribution in [2.24, 2.45) is 5.92 Å². The number of methoxy groups -OCH3 is 1. The lowest BCUT2D eigenvalue weighted by molar-refractivity contribution is -0.141. The van der Waals surface area contributed by atoms with E-state index in [0.29, 0.717) is 6.42 Å². The zero-order valence-electron chi connectivity index (χ0n) is 10.3. The topological polar surface area (TPSA) is 46.5 Å². The summed E-state index contributed by atoms with van der Waals surface area (Å²) in [6, 6.07) is 4.20. The molecule has 1 aliphatic carbocycles. The van der Waals surface area contributed by atoms with E-state index in [1.54, 1.807) is 14.0 Å². The summed E-state index contributed by atoms with van der Waals surface area (Å²) in [5.41, 5.74) is 3.73. The second-order valence-electron chi connectivity index (χ2n) is 4.73. The number of aliphatic carboxylic acids is 1. The molecule has 0 bridgehead atoms. The molecule has 0 amide bonds. The Kier molecular flexibility index (Phi) is 3.36. The Morgan fingerprint density at radius 1 is 1.41 bits per heavy atom. The molecule has 1 aliphatic rings. The molecule has 1 unspecified atom stereocenters. The van der Waals surface area contributed by atoms with Crippen LogP contribution in [0, 0.1) is 5.92 Å². The van der Waals surface area contributed by atoms with Gasteiger partial charge in [0.15, 0.2) is 0 Å². The van der Waals surface area contributed by atoms with Gasteiger partial charge in [-0.3, -0.25) is 4.79 Å². The Morgan fingerprint density at radius 3 is 2.65 bits per heavy atom. The van der Waals surface area contributed by atoms with Crippen molar-refractivity contribution < 1.29 is 14.6 Å². The number of hydrogen-bond acceptors (Lipinski definition) is 2. The lowest BCUT2D eigenvalue weighted by atomic mass is 9.97. The highest BCUT2D eigenvalue weighted by molar-refractivity contribution is 5.70. The average Bonchev–Trinajstić information content (AvgIpc) is 2.74. The van der Waals surface area contributed by atoms with E-state index in [9.17, 15) is 4.79 Å². The summed E-state index contributed by atoms with van der Waals surface area (Å²) < 4.78 is 5.36. The van der Waals surface area contributed by atoms with Crippen molar-refractivity contribution >= 4 is 5.97 Å². The third-order valence-corrected chi connectivity index (χ3v) is 3.44. The smallest absolute Gasteiger partial charge is 0.306 e. The van der Waals surface area contributed by atoms with E-state index in [1.165, 1.54) is 17.5 Å². The standard InChI is InChI=1S/C14H18O3/c1-9(14(15)16)6-12-7-10-4-3-5-11(10)8-13(12)17-2/h7-9H,3-6H2,1-2H3,(H,15,16). The molecule has 0 fully saturated rings. The van der Waals surface area contributed by atoms with E-state index in [-0.39, 0.29) is 5.92 Å². The molecule has 0 aromatic heterocycles. The zero-order chi connectivity index (χ0) is 12.4. The summed E-state index contributed by atoms with van der Waals surface area (Å²) in [5, 5.41) is 8.96. The van der Waals surface area contributed by atoms with Crippen molar-refractivity contribution in [1.82, 2.24) is 0 Å². The molecule has 0 saturated heterocycles. The van der Waals surface area contributed by atoms with Gasteiger partial charge in [0.2, 0.25) is 0 Å². The monoisotopic (exact) mass is 234 g/mol. The number of carboxylic acids is 1. The van der Waals surface area contributed by atoms with E-state index >= 15 is 0 Å². The van der Waals surface area contributed by atoms with Crippen LogP contribution in [0.25, 0.3) is 0 Å². The molecule has 2 rings (SSSR count). The van der Waals surface area contributed by atoms with Gasteiger partial charge < -0.3 is 9.84 Å². The van der Waals surface area contributed by atoms with Crippen LogP contribution in [0.2, 0.25) is 0 Å². The fourth-order valence-corrected chi connectivity index (χ4v) is 2.42. The van der Waals surface area contributed by atoms with Gasteiger partial charge >= 0.3 is 5.97 Å². The third-order valence-electron chi connectivity index (χ3n) is 3.44. The Labute approximate surface area is 101 Å². The van der Waals surface area contributed by atoms with E-state index in [1.807, 2.05) is 0 Å². The normalized spacial score (nSPS) is 15.4. The summed E-state index contributed by atoms with van der Waals surface area (Å²) in [6.45, 7) is 1.73. The molecule has 3 nitrogen and oxygen atoms in total. The van der Waals surface area contributed by atoms with Crippen molar-refractivity contribution in [3.05, 3.63) is 28.8 Å². The van der Waals surface area contributed by atoms with Gasteiger partial charge in [0, 0.05) is 0 Å².